The third kappa shape index (κ3) is 3.99. The minimum Gasteiger partial charge on any atom is -0.382 e. The standard InChI is InChI=1S/C17H26N2O/c1-3-13-8-10-15(11-9-13)19-16-7-5-6-14(12-16)17(20)18-4-2/h5-7,12-13,15,19H,3-4,8-11H2,1-2H3,(H,18,20). The molecule has 0 spiro atoms. The summed E-state index contributed by atoms with van der Waals surface area (Å²) >= 11 is 0. The highest BCUT2D eigenvalue weighted by Crippen LogP contribution is 2.28. The van der Waals surface area contributed by atoms with Gasteiger partial charge in [-0.2, -0.15) is 0 Å². The first-order chi connectivity index (χ1) is 9.72. The predicted octanol–water partition coefficient (Wildman–Crippen LogP) is 3.82. The van der Waals surface area contributed by atoms with Crippen LogP contribution in [0.15, 0.2) is 24.3 Å². The highest BCUT2D eigenvalue weighted by Gasteiger charge is 2.19. The van der Waals surface area contributed by atoms with Gasteiger partial charge < -0.3 is 10.6 Å². The largest absolute Gasteiger partial charge is 0.382 e. The van der Waals surface area contributed by atoms with Crippen molar-refractivity contribution in [1.82, 2.24) is 5.32 Å². The van der Waals surface area contributed by atoms with Crippen LogP contribution in [0.4, 0.5) is 5.69 Å². The fourth-order valence-electron chi connectivity index (χ4n) is 2.96. The van der Waals surface area contributed by atoms with Crippen molar-refractivity contribution in [2.24, 2.45) is 5.92 Å². The summed E-state index contributed by atoms with van der Waals surface area (Å²) in [5, 5.41) is 6.42. The van der Waals surface area contributed by atoms with E-state index < -0.39 is 0 Å². The summed E-state index contributed by atoms with van der Waals surface area (Å²) in [5.41, 5.74) is 1.80. The topological polar surface area (TPSA) is 41.1 Å². The molecule has 1 aliphatic rings. The minimum atomic E-state index is 0.00541. The molecule has 2 N–H and O–H groups in total. The zero-order valence-corrected chi connectivity index (χ0v) is 12.6. The molecule has 0 aromatic heterocycles. The number of carbonyl (C=O) groups excluding carboxylic acids is 1. The molecule has 0 heterocycles. The van der Waals surface area contributed by atoms with Gasteiger partial charge in [0.05, 0.1) is 0 Å². The normalized spacial score (nSPS) is 22.3. The van der Waals surface area contributed by atoms with E-state index in [-0.39, 0.29) is 5.91 Å². The van der Waals surface area contributed by atoms with E-state index in [1.165, 1.54) is 32.1 Å². The van der Waals surface area contributed by atoms with E-state index in [0.29, 0.717) is 12.6 Å². The SMILES string of the molecule is CCNC(=O)c1cccc(NC2CCC(CC)CC2)c1. The molecule has 1 amide bonds. The third-order valence-electron chi connectivity index (χ3n) is 4.26. The van der Waals surface area contributed by atoms with Crippen LogP contribution in [0.2, 0.25) is 0 Å². The Bertz CT molecular complexity index is 436. The number of hydrogen-bond acceptors (Lipinski definition) is 2. The van der Waals surface area contributed by atoms with Crippen LogP contribution in [-0.2, 0) is 0 Å². The van der Waals surface area contributed by atoms with Crippen LogP contribution in [0.5, 0.6) is 0 Å². The molecule has 1 aromatic carbocycles. The lowest BCUT2D eigenvalue weighted by Gasteiger charge is -2.29. The van der Waals surface area contributed by atoms with E-state index in [1.54, 1.807) is 0 Å². The Morgan fingerprint density at radius 1 is 1.20 bits per heavy atom. The molecule has 0 unspecified atom stereocenters. The first-order valence-corrected chi connectivity index (χ1v) is 7.87. The quantitative estimate of drug-likeness (QED) is 0.857. The molecule has 3 nitrogen and oxygen atoms in total. The average molecular weight is 274 g/mol. The number of carbonyl (C=O) groups is 1. The van der Waals surface area contributed by atoms with Crippen molar-refractivity contribution < 1.29 is 4.79 Å². The molecule has 1 aromatic rings. The Kier molecular flexibility index (Phi) is 5.45. The summed E-state index contributed by atoms with van der Waals surface area (Å²) in [5.74, 6) is 0.917. The molecule has 2 rings (SSSR count). The summed E-state index contributed by atoms with van der Waals surface area (Å²) in [4.78, 5) is 11.8. The number of rotatable bonds is 5. The van der Waals surface area contributed by atoms with Crippen molar-refractivity contribution >= 4 is 11.6 Å². The first kappa shape index (κ1) is 14.9. The zero-order chi connectivity index (χ0) is 14.4. The van der Waals surface area contributed by atoms with Crippen LogP contribution in [-0.4, -0.2) is 18.5 Å². The molecule has 110 valence electrons. The van der Waals surface area contributed by atoms with Crippen LogP contribution < -0.4 is 10.6 Å². The lowest BCUT2D eigenvalue weighted by Crippen LogP contribution is -2.26. The zero-order valence-electron chi connectivity index (χ0n) is 12.6. The maximum absolute atomic E-state index is 11.8. The molecule has 1 aliphatic carbocycles. The Labute approximate surface area is 122 Å². The van der Waals surface area contributed by atoms with Crippen molar-refractivity contribution in [3.05, 3.63) is 29.8 Å². The van der Waals surface area contributed by atoms with Gasteiger partial charge in [-0.3, -0.25) is 4.79 Å². The van der Waals surface area contributed by atoms with Crippen molar-refractivity contribution in [2.75, 3.05) is 11.9 Å². The molecule has 0 radical (unpaired) electrons. The van der Waals surface area contributed by atoms with Gasteiger partial charge in [-0.1, -0.05) is 19.4 Å². The van der Waals surface area contributed by atoms with Gasteiger partial charge in [-0.15, -0.1) is 0 Å². The van der Waals surface area contributed by atoms with Crippen molar-refractivity contribution in [3.63, 3.8) is 0 Å². The second kappa shape index (κ2) is 7.32. The van der Waals surface area contributed by atoms with Crippen LogP contribution in [0.1, 0.15) is 56.3 Å². The molecule has 20 heavy (non-hydrogen) atoms. The maximum Gasteiger partial charge on any atom is 0.251 e. The molecular formula is C17H26N2O. The van der Waals surface area contributed by atoms with E-state index >= 15 is 0 Å². The molecule has 0 bridgehead atoms. The number of nitrogens with one attached hydrogen (secondary N) is 2. The third-order valence-corrected chi connectivity index (χ3v) is 4.26. The van der Waals surface area contributed by atoms with Crippen molar-refractivity contribution in [1.29, 1.82) is 0 Å². The fourth-order valence-corrected chi connectivity index (χ4v) is 2.96. The first-order valence-electron chi connectivity index (χ1n) is 7.87. The Morgan fingerprint density at radius 2 is 1.95 bits per heavy atom. The molecular weight excluding hydrogens is 248 g/mol. The van der Waals surface area contributed by atoms with E-state index in [0.717, 1.165) is 17.2 Å². The summed E-state index contributed by atoms with van der Waals surface area (Å²) in [6, 6.07) is 8.38. The van der Waals surface area contributed by atoms with E-state index in [9.17, 15) is 4.79 Å². The Balaban J connectivity index is 1.93. The number of amides is 1. The minimum absolute atomic E-state index is 0.00541. The lowest BCUT2D eigenvalue weighted by molar-refractivity contribution is 0.0956. The molecule has 0 atom stereocenters. The van der Waals surface area contributed by atoms with E-state index in [2.05, 4.69) is 23.6 Å². The van der Waals surface area contributed by atoms with Gasteiger partial charge in [0.25, 0.3) is 5.91 Å². The molecule has 3 heteroatoms. The number of hydrogen-bond donors (Lipinski definition) is 2. The van der Waals surface area contributed by atoms with Gasteiger partial charge in [-0.05, 0) is 56.7 Å². The second-order valence-corrected chi connectivity index (χ2v) is 5.71. The van der Waals surface area contributed by atoms with Gasteiger partial charge in [0.15, 0.2) is 0 Å². The molecule has 0 saturated heterocycles. The Hall–Kier alpha value is -1.51. The van der Waals surface area contributed by atoms with Gasteiger partial charge >= 0.3 is 0 Å². The smallest absolute Gasteiger partial charge is 0.251 e. The van der Waals surface area contributed by atoms with E-state index in [4.69, 9.17) is 0 Å². The highest BCUT2D eigenvalue weighted by atomic mass is 16.1. The van der Waals surface area contributed by atoms with Crippen LogP contribution in [0.25, 0.3) is 0 Å². The fraction of sp³-hybridized carbons (Fsp3) is 0.588. The summed E-state index contributed by atoms with van der Waals surface area (Å²) in [7, 11) is 0. The van der Waals surface area contributed by atoms with Crippen LogP contribution in [0.3, 0.4) is 0 Å². The summed E-state index contributed by atoms with van der Waals surface area (Å²) in [6.07, 6.45) is 6.43. The number of anilines is 1. The van der Waals surface area contributed by atoms with Crippen LogP contribution >= 0.6 is 0 Å². The summed E-state index contributed by atoms with van der Waals surface area (Å²) in [6.45, 7) is 4.89. The molecule has 0 aliphatic heterocycles. The Morgan fingerprint density at radius 3 is 2.60 bits per heavy atom. The average Bonchev–Trinajstić information content (AvgIpc) is 2.48. The lowest BCUT2D eigenvalue weighted by atomic mass is 9.84. The van der Waals surface area contributed by atoms with Crippen molar-refractivity contribution in [3.8, 4) is 0 Å². The van der Waals surface area contributed by atoms with Gasteiger partial charge in [0.2, 0.25) is 0 Å². The maximum atomic E-state index is 11.8. The van der Waals surface area contributed by atoms with Gasteiger partial charge in [-0.25, -0.2) is 0 Å². The van der Waals surface area contributed by atoms with Gasteiger partial charge in [0, 0.05) is 23.8 Å². The van der Waals surface area contributed by atoms with Crippen LogP contribution in [0, 0.1) is 5.92 Å². The van der Waals surface area contributed by atoms with Crippen molar-refractivity contribution in [2.45, 2.75) is 52.0 Å². The number of benzene rings is 1. The molecule has 1 fully saturated rings. The summed E-state index contributed by atoms with van der Waals surface area (Å²) < 4.78 is 0. The second-order valence-electron chi connectivity index (χ2n) is 5.71. The monoisotopic (exact) mass is 274 g/mol. The van der Waals surface area contributed by atoms with Gasteiger partial charge in [0.1, 0.15) is 0 Å². The van der Waals surface area contributed by atoms with E-state index in [1.807, 2.05) is 25.1 Å². The predicted molar refractivity (Wildman–Crippen MR) is 84.1 cm³/mol. The molecule has 1 saturated carbocycles. The highest BCUT2D eigenvalue weighted by molar-refractivity contribution is 5.95.